The molecule has 0 aliphatic carbocycles. The lowest BCUT2D eigenvalue weighted by atomic mass is 10.00. The molecule has 0 aliphatic heterocycles. The Hall–Kier alpha value is -2.07. The van der Waals surface area contributed by atoms with Crippen LogP contribution in [0.15, 0.2) is 61.2 Å². The fourth-order valence-corrected chi connectivity index (χ4v) is 21.0. The van der Waals surface area contributed by atoms with Crippen LogP contribution in [0.25, 0.3) is 14.5 Å². The van der Waals surface area contributed by atoms with E-state index < -0.39 is 0 Å². The van der Waals surface area contributed by atoms with Crippen molar-refractivity contribution in [1.29, 1.82) is 0 Å². The minimum absolute atomic E-state index is 0. The van der Waals surface area contributed by atoms with Crippen LogP contribution in [-0.2, 0) is 258 Å². The van der Waals surface area contributed by atoms with Gasteiger partial charge in [0, 0.05) is 356 Å². The lowest BCUT2D eigenvalue weighted by Crippen LogP contribution is -2.27. The number of nitrogens with zero attached hydrogens (tertiary/aromatic N) is 6. The maximum absolute atomic E-state index is 5.57. The first-order valence-electron chi connectivity index (χ1n) is 34.6. The summed E-state index contributed by atoms with van der Waals surface area (Å²) in [6, 6.07) is 16.0. The summed E-state index contributed by atoms with van der Waals surface area (Å²) in [5.74, 6) is 22.3. The van der Waals surface area contributed by atoms with Gasteiger partial charge in [0.2, 0.25) is 0 Å². The van der Waals surface area contributed by atoms with Crippen molar-refractivity contribution in [1.82, 2.24) is 0 Å². The van der Waals surface area contributed by atoms with Crippen molar-refractivity contribution in [2.24, 2.45) is 0 Å². The summed E-state index contributed by atoms with van der Waals surface area (Å²) in [6.07, 6.45) is 34.0. The van der Waals surface area contributed by atoms with E-state index in [2.05, 4.69) is 281 Å². The van der Waals surface area contributed by atoms with E-state index in [0.29, 0.717) is 0 Å². The van der Waals surface area contributed by atoms with Gasteiger partial charge >= 0.3 is 17.1 Å². The molecule has 0 N–H and O–H groups in total. The third-order valence-corrected chi connectivity index (χ3v) is 33.4. The van der Waals surface area contributed by atoms with Crippen molar-refractivity contribution in [2.75, 3.05) is 63.1 Å². The number of aryl methyl sites for hydroxylation is 2. The Morgan fingerprint density at radius 3 is 1.07 bits per heavy atom. The molecule has 0 amide bonds. The Morgan fingerprint density at radius 1 is 0.495 bits per heavy atom. The van der Waals surface area contributed by atoms with Crippen molar-refractivity contribution >= 4 is 279 Å². The molecule has 0 spiro atoms. The van der Waals surface area contributed by atoms with E-state index in [4.69, 9.17) is 61.5 Å². The first kappa shape index (κ1) is 97.0. The normalized spacial score (nSPS) is 8.69. The van der Waals surface area contributed by atoms with Gasteiger partial charge in [-0.3, -0.25) is 0 Å². The third kappa shape index (κ3) is 76.4. The molecule has 0 heterocycles. The highest BCUT2D eigenvalue weighted by molar-refractivity contribution is 8.61. The van der Waals surface area contributed by atoms with Crippen molar-refractivity contribution in [3.05, 3.63) is 92.4 Å². The highest BCUT2D eigenvalue weighted by Gasteiger charge is 2.18. The Morgan fingerprint density at radius 2 is 0.825 bits per heavy atom. The topological polar surface area (TPSA) is 32.0 Å². The van der Waals surface area contributed by atoms with Gasteiger partial charge in [-0.05, 0) is 120 Å². The van der Waals surface area contributed by atoms with Crippen LogP contribution < -0.4 is 19.4 Å². The predicted octanol–water partition coefficient (Wildman–Crippen LogP) is 19.0. The molecule has 550 valence electrons. The molecule has 7 nitrogen and oxygen atoms in total. The highest BCUT2D eigenvalue weighted by atomic mass is 33.3. The van der Waals surface area contributed by atoms with Crippen molar-refractivity contribution in [2.45, 2.75) is 151 Å². The van der Waals surface area contributed by atoms with Gasteiger partial charge in [0.15, 0.2) is 0 Å². The van der Waals surface area contributed by atoms with E-state index in [1.54, 1.807) is 27.9 Å². The van der Waals surface area contributed by atoms with E-state index in [1.165, 1.54) is 238 Å². The Bertz CT molecular complexity index is 3570. The Kier molecular flexibility index (Phi) is 93.9. The zero-order chi connectivity index (χ0) is 87.6. The molecule has 32 heteroatoms. The minimum atomic E-state index is 0. The summed E-state index contributed by atoms with van der Waals surface area (Å²) in [7, 11) is 29.8. The fourth-order valence-electron chi connectivity index (χ4n) is 7.23. The molecule has 0 saturated carbocycles. The maximum atomic E-state index is 5.57. The van der Waals surface area contributed by atoms with Crippen molar-refractivity contribution in [3.63, 3.8) is 0 Å². The Labute approximate surface area is 702 Å². The van der Waals surface area contributed by atoms with Crippen LogP contribution in [0.4, 0.5) is 34.1 Å². The fraction of sp³-hybridized carbons (Fsp3) is 0.462. The zero-order valence-corrected chi connectivity index (χ0v) is 77.5. The minimum Gasteiger partial charge on any atom is -0.496 e. The summed E-state index contributed by atoms with van der Waals surface area (Å²) in [6.45, 7) is 38.1. The first-order chi connectivity index (χ1) is 52.8. The molecule has 97 heavy (non-hydrogen) atoms. The van der Waals surface area contributed by atoms with Crippen LogP contribution in [0.2, 0.25) is 0 Å². The summed E-state index contributed by atoms with van der Waals surface area (Å²) >= 11 is 44.4. The number of anilines is 3. The monoisotopic (exact) mass is 1800 g/mol. The van der Waals surface area contributed by atoms with Gasteiger partial charge in [-0.1, -0.05) is 123 Å². The van der Waals surface area contributed by atoms with Crippen LogP contribution in [0.3, 0.4) is 0 Å². The van der Waals surface area contributed by atoms with Gasteiger partial charge < -0.3 is 19.4 Å². The number of allylic oxidation sites excluding steroid dienone is 1. The van der Waals surface area contributed by atoms with E-state index in [0.717, 1.165) is 54.3 Å². The number of hydrogen-bond acceptors (Lipinski definition) is 14. The second kappa shape index (κ2) is 93.9. The molecule has 0 saturated heterocycles. The van der Waals surface area contributed by atoms with Crippen LogP contribution >= 0.6 is 0 Å². The second-order valence-electron chi connectivity index (χ2n) is 17.7. The average Bonchev–Trinajstić information content (AvgIpc) is 0.838. The first-order valence-corrected chi connectivity index (χ1v) is 55.3. The van der Waals surface area contributed by atoms with Crippen molar-refractivity contribution < 1.29 is 26.8 Å². The van der Waals surface area contributed by atoms with E-state index >= 15 is 0 Å². The smallest absolute Gasteiger partial charge is 0.342 e. The second-order valence-corrected chi connectivity index (χ2v) is 44.3. The summed E-state index contributed by atoms with van der Waals surface area (Å²) in [4.78, 5) is 18.3. The quantitative estimate of drug-likeness (QED) is 0.0544. The molecule has 3 rings (SSSR count). The third-order valence-electron chi connectivity index (χ3n) is 11.2. The zero-order valence-electron chi connectivity index (χ0n) is 69.1. The van der Waals surface area contributed by atoms with Crippen LogP contribution in [0.1, 0.15) is 177 Å². The summed E-state index contributed by atoms with van der Waals surface area (Å²) in [5.41, 5.74) is 9.98. The molecular weight excluding hydrogens is 1680 g/mol. The molecule has 1 unspecified atom stereocenters. The molecule has 0 aliphatic rings. The van der Waals surface area contributed by atoms with Crippen LogP contribution in [0, 0.1) is 92.3 Å². The Balaban J connectivity index is -0.0000000623. The van der Waals surface area contributed by atoms with Gasteiger partial charge in [-0.25, -0.2) is 0 Å². The number of terminal acetylenes is 3. The number of hydrogen-bond donors (Lipinski definition) is 0. The lowest BCUT2D eigenvalue weighted by molar-refractivity contribution is 0.409. The highest BCUT2D eigenvalue weighted by Crippen LogP contribution is 2.34. The predicted molar refractivity (Wildman–Crippen MR) is 525 cm³/mol. The average molecular weight is 1810 g/mol. The molecule has 0 radical (unpaired) electrons. The standard InChI is InChI=1S/C25H44N3.C13H19N2.C12H14NO.3C5H4.5S5.9H2/c1-6-8-10-12-14-16-20-28(21-17-15-13-11-9-7-2)25-22-23(26-3)18-19-24(25)27(4)5;1-6-10-8-12(14-3)9-11(7-2)13(10)15(4)5;1-5-9(2)11-8-10(13-3)6-7-12(11)14-4;8*1-3-5-4-2;;;;;;;;;/h3,18-19,22H,6-17,20-21H2,1-2,4-5H3;3,8-9H,6-7H2,1-2,4-5H3;3,5-9H,1H2,2,4H3;3*1H,2H3;;;;;;9*1H/q3*+1;;;;;;;;;;;;;;;;;/i;;;;;;;;;;;6*1+1D;3*1+1. The summed E-state index contributed by atoms with van der Waals surface area (Å²) < 4.78 is 65.2. The molecular formula is C65H107N6OS25+3. The number of methoxy groups -OCH3 is 1. The number of unbranched alkanes of at least 4 members (excludes halogenated alkanes) is 10. The lowest BCUT2D eigenvalue weighted by Gasteiger charge is -2.29. The summed E-state index contributed by atoms with van der Waals surface area (Å²) in [5, 5.41) is 0. The van der Waals surface area contributed by atoms with E-state index in [1.807, 2.05) is 37.3 Å². The molecule has 0 bridgehead atoms. The molecule has 3 aromatic carbocycles. The molecule has 0 aromatic heterocycles. The van der Waals surface area contributed by atoms with Crippen LogP contribution in [-0.4, -0.2) is 48.4 Å². The van der Waals surface area contributed by atoms with E-state index in [-0.39, 0.29) is 10.2 Å². The molecule has 3 aromatic rings. The SMILES string of the molecule is C#CC#CC.C#CC#CC.C#CC#CC.C#[N+]c1cc(CC)c(N(C)C)c(CC)c1.C#[N+]c1ccc(N(C)C)c(N(CCCCCCCC)CCCCCCCC)c1.C#[N+]c1ccc(OC)c(C(C)C=C)c1.S=S=S=S=S.S=S=S=S=S.S=S=S=S=S.S=S=S=S=S.S=S=S=S=S.[2HH].[2HH].[2HH].[2H][2H].[2H][2H].[2H][2H].[2H][2H].[2H][2H].[2H][2H]. The van der Waals surface area contributed by atoms with Crippen molar-refractivity contribution in [3.8, 4) is 98.0 Å². The number of benzene rings is 3. The largest absolute Gasteiger partial charge is 0.496 e. The van der Waals surface area contributed by atoms with Gasteiger partial charge in [0.05, 0.1) is 24.6 Å². The maximum Gasteiger partial charge on any atom is 0.342 e. The van der Waals surface area contributed by atoms with Gasteiger partial charge in [0.25, 0.3) is 19.7 Å². The van der Waals surface area contributed by atoms with Gasteiger partial charge in [0.1, 0.15) is 5.75 Å². The number of ether oxygens (including phenoxy) is 1. The van der Waals surface area contributed by atoms with Crippen LogP contribution in [0.5, 0.6) is 5.75 Å². The number of rotatable bonds is 22. The van der Waals surface area contributed by atoms with Gasteiger partial charge in [-0.15, -0.1) is 25.8 Å². The molecule has 1 atom stereocenters. The van der Waals surface area contributed by atoms with E-state index in [9.17, 15) is 0 Å². The molecule has 0 fully saturated rings. The van der Waals surface area contributed by atoms with Gasteiger partial charge in [-0.2, -0.15) is 0 Å².